The van der Waals surface area contributed by atoms with Crippen molar-refractivity contribution in [1.29, 1.82) is 0 Å². The average molecular weight is 347 g/mol. The van der Waals surface area contributed by atoms with Crippen LogP contribution >= 0.6 is 11.6 Å². The number of nitrogens with one attached hydrogen (secondary N) is 2. The Morgan fingerprint density at radius 1 is 1.04 bits per heavy atom. The van der Waals surface area contributed by atoms with Crippen LogP contribution in [-0.4, -0.2) is 32.1 Å². The van der Waals surface area contributed by atoms with Crippen molar-refractivity contribution in [2.24, 2.45) is 0 Å². The van der Waals surface area contributed by atoms with Crippen LogP contribution in [0.2, 0.25) is 5.02 Å². The van der Waals surface area contributed by atoms with Crippen LogP contribution in [0, 0.1) is 6.92 Å². The summed E-state index contributed by atoms with van der Waals surface area (Å²) in [5.74, 6) is -0.539. The van der Waals surface area contributed by atoms with Gasteiger partial charge in [-0.1, -0.05) is 29.3 Å². The summed E-state index contributed by atoms with van der Waals surface area (Å²) in [5, 5.41) is 5.82. The average Bonchev–Trinajstić information content (AvgIpc) is 2.57. The highest BCUT2D eigenvalue weighted by Gasteiger charge is 2.12. The Morgan fingerprint density at radius 2 is 1.71 bits per heavy atom. The van der Waals surface area contributed by atoms with E-state index in [1.165, 1.54) is 0 Å². The number of amides is 2. The number of aryl methyl sites for hydroxylation is 1. The van der Waals surface area contributed by atoms with E-state index in [2.05, 4.69) is 10.6 Å². The van der Waals surface area contributed by atoms with Gasteiger partial charge in [0.25, 0.3) is 11.8 Å². The molecule has 0 aliphatic heterocycles. The summed E-state index contributed by atoms with van der Waals surface area (Å²) < 4.78 is 4.89. The quantitative estimate of drug-likeness (QED) is 0.789. The zero-order valence-corrected chi connectivity index (χ0v) is 14.3. The first-order valence-corrected chi connectivity index (χ1v) is 7.84. The van der Waals surface area contributed by atoms with E-state index in [-0.39, 0.29) is 11.8 Å². The molecule has 5 nitrogen and oxygen atoms in total. The normalized spacial score (nSPS) is 10.3. The Bertz CT molecular complexity index is 730. The van der Waals surface area contributed by atoms with Crippen LogP contribution < -0.4 is 10.6 Å². The van der Waals surface area contributed by atoms with Gasteiger partial charge in [-0.15, -0.1) is 0 Å². The monoisotopic (exact) mass is 346 g/mol. The Hall–Kier alpha value is -2.37. The minimum atomic E-state index is -0.283. The third-order valence-electron chi connectivity index (χ3n) is 3.38. The lowest BCUT2D eigenvalue weighted by atomic mass is 10.1. The molecule has 0 aliphatic carbocycles. The summed E-state index contributed by atoms with van der Waals surface area (Å²) in [7, 11) is 1.56. The van der Waals surface area contributed by atoms with Gasteiger partial charge in [-0.25, -0.2) is 0 Å². The van der Waals surface area contributed by atoms with Crippen LogP contribution in [0.1, 0.15) is 26.3 Å². The van der Waals surface area contributed by atoms with Crippen molar-refractivity contribution in [3.8, 4) is 0 Å². The van der Waals surface area contributed by atoms with Crippen LogP contribution in [0.5, 0.6) is 0 Å². The van der Waals surface area contributed by atoms with E-state index >= 15 is 0 Å². The van der Waals surface area contributed by atoms with Crippen molar-refractivity contribution in [3.63, 3.8) is 0 Å². The minimum absolute atomic E-state index is 0.255. The van der Waals surface area contributed by atoms with Gasteiger partial charge in [0.2, 0.25) is 0 Å². The molecule has 0 saturated carbocycles. The van der Waals surface area contributed by atoms with Gasteiger partial charge in [-0.3, -0.25) is 9.59 Å². The maximum absolute atomic E-state index is 12.3. The standard InChI is InChI=1S/C18H19ClN2O3/c1-12-3-5-13(6-4-12)18(23)21-16-11-14(7-8-15(16)19)17(22)20-9-10-24-2/h3-8,11H,9-10H2,1-2H3,(H,20,22)(H,21,23). The second-order valence-corrected chi connectivity index (χ2v) is 5.67. The number of methoxy groups -OCH3 is 1. The minimum Gasteiger partial charge on any atom is -0.383 e. The number of carbonyl (C=O) groups is 2. The molecule has 0 saturated heterocycles. The van der Waals surface area contributed by atoms with Crippen LogP contribution in [0.15, 0.2) is 42.5 Å². The van der Waals surface area contributed by atoms with Crippen molar-refractivity contribution in [1.82, 2.24) is 5.32 Å². The van der Waals surface area contributed by atoms with E-state index in [1.54, 1.807) is 37.4 Å². The molecule has 2 rings (SSSR count). The predicted octanol–water partition coefficient (Wildman–Crippen LogP) is 3.28. The summed E-state index contributed by atoms with van der Waals surface area (Å²) >= 11 is 6.12. The number of carbonyl (C=O) groups excluding carboxylic acids is 2. The van der Waals surface area contributed by atoms with E-state index in [1.807, 2.05) is 19.1 Å². The fourth-order valence-electron chi connectivity index (χ4n) is 2.03. The van der Waals surface area contributed by atoms with Gasteiger partial charge in [0.1, 0.15) is 0 Å². The molecule has 2 N–H and O–H groups in total. The Balaban J connectivity index is 2.12. The number of ether oxygens (including phenoxy) is 1. The molecule has 0 fully saturated rings. The Labute approximate surface area is 146 Å². The molecule has 0 aromatic heterocycles. The van der Waals surface area contributed by atoms with Gasteiger partial charge in [-0.05, 0) is 37.3 Å². The van der Waals surface area contributed by atoms with Crippen molar-refractivity contribution in [2.75, 3.05) is 25.6 Å². The van der Waals surface area contributed by atoms with E-state index in [0.717, 1.165) is 5.56 Å². The molecule has 0 spiro atoms. The van der Waals surface area contributed by atoms with Crippen LogP contribution in [-0.2, 0) is 4.74 Å². The zero-order chi connectivity index (χ0) is 17.5. The Kier molecular flexibility index (Phi) is 6.35. The molecule has 0 atom stereocenters. The number of hydrogen-bond donors (Lipinski definition) is 2. The highest BCUT2D eigenvalue weighted by Crippen LogP contribution is 2.24. The second kappa shape index (κ2) is 8.47. The third-order valence-corrected chi connectivity index (χ3v) is 3.71. The molecule has 126 valence electrons. The van der Waals surface area contributed by atoms with Crippen molar-refractivity contribution < 1.29 is 14.3 Å². The summed E-state index contributed by atoms with van der Waals surface area (Å²) in [5.41, 5.74) is 2.39. The van der Waals surface area contributed by atoms with Gasteiger partial charge >= 0.3 is 0 Å². The lowest BCUT2D eigenvalue weighted by Gasteiger charge is -2.10. The van der Waals surface area contributed by atoms with Gasteiger partial charge in [0.05, 0.1) is 17.3 Å². The van der Waals surface area contributed by atoms with Crippen LogP contribution in [0.4, 0.5) is 5.69 Å². The molecule has 2 aromatic carbocycles. The summed E-state index contributed by atoms with van der Waals surface area (Å²) in [6.45, 7) is 2.78. The van der Waals surface area contributed by atoms with Crippen molar-refractivity contribution in [3.05, 3.63) is 64.2 Å². The van der Waals surface area contributed by atoms with E-state index in [0.29, 0.717) is 35.0 Å². The zero-order valence-electron chi connectivity index (χ0n) is 13.6. The highest BCUT2D eigenvalue weighted by molar-refractivity contribution is 6.34. The van der Waals surface area contributed by atoms with Gasteiger partial charge in [0.15, 0.2) is 0 Å². The number of halogens is 1. The van der Waals surface area contributed by atoms with Crippen LogP contribution in [0.3, 0.4) is 0 Å². The maximum atomic E-state index is 12.3. The molecule has 0 bridgehead atoms. The first kappa shape index (κ1) is 18.0. The lowest BCUT2D eigenvalue weighted by molar-refractivity contribution is 0.0936. The molecule has 0 aliphatic rings. The number of benzene rings is 2. The molecule has 0 heterocycles. The molecule has 0 unspecified atom stereocenters. The molecular weight excluding hydrogens is 328 g/mol. The predicted molar refractivity (Wildman–Crippen MR) is 94.8 cm³/mol. The van der Waals surface area contributed by atoms with E-state index in [4.69, 9.17) is 16.3 Å². The molecular formula is C18H19ClN2O3. The molecule has 0 radical (unpaired) electrons. The molecule has 2 amide bonds. The van der Waals surface area contributed by atoms with E-state index in [9.17, 15) is 9.59 Å². The molecule has 2 aromatic rings. The fraction of sp³-hybridized carbons (Fsp3) is 0.222. The second-order valence-electron chi connectivity index (χ2n) is 5.26. The largest absolute Gasteiger partial charge is 0.383 e. The summed E-state index contributed by atoms with van der Waals surface area (Å²) in [6.07, 6.45) is 0. The number of rotatable bonds is 6. The number of anilines is 1. The van der Waals surface area contributed by atoms with Gasteiger partial charge < -0.3 is 15.4 Å². The lowest BCUT2D eigenvalue weighted by Crippen LogP contribution is -2.27. The number of hydrogen-bond acceptors (Lipinski definition) is 3. The smallest absolute Gasteiger partial charge is 0.255 e. The molecule has 24 heavy (non-hydrogen) atoms. The molecule has 6 heteroatoms. The first-order valence-electron chi connectivity index (χ1n) is 7.46. The van der Waals surface area contributed by atoms with Gasteiger partial charge in [0, 0.05) is 24.8 Å². The SMILES string of the molecule is COCCNC(=O)c1ccc(Cl)c(NC(=O)c2ccc(C)cc2)c1. The maximum Gasteiger partial charge on any atom is 0.255 e. The summed E-state index contributed by atoms with van der Waals surface area (Å²) in [6, 6.07) is 11.9. The fourth-order valence-corrected chi connectivity index (χ4v) is 2.20. The van der Waals surface area contributed by atoms with E-state index < -0.39 is 0 Å². The van der Waals surface area contributed by atoms with Crippen molar-refractivity contribution >= 4 is 29.1 Å². The van der Waals surface area contributed by atoms with Gasteiger partial charge in [-0.2, -0.15) is 0 Å². The van der Waals surface area contributed by atoms with Crippen LogP contribution in [0.25, 0.3) is 0 Å². The summed E-state index contributed by atoms with van der Waals surface area (Å²) in [4.78, 5) is 24.3. The highest BCUT2D eigenvalue weighted by atomic mass is 35.5. The first-order chi connectivity index (χ1) is 11.5. The van der Waals surface area contributed by atoms with Crippen molar-refractivity contribution in [2.45, 2.75) is 6.92 Å². The Morgan fingerprint density at radius 3 is 2.38 bits per heavy atom. The third kappa shape index (κ3) is 4.81. The topological polar surface area (TPSA) is 67.4 Å².